The monoisotopic (exact) mass is 272 g/mol. The molecule has 0 spiro atoms. The highest BCUT2D eigenvalue weighted by Crippen LogP contribution is 2.38. The van der Waals surface area contributed by atoms with Crippen molar-refractivity contribution in [3.8, 4) is 11.5 Å². The van der Waals surface area contributed by atoms with Gasteiger partial charge in [0.1, 0.15) is 13.2 Å². The predicted octanol–water partition coefficient (Wildman–Crippen LogP) is 1.31. The lowest BCUT2D eigenvalue weighted by atomic mass is 10.2. The van der Waals surface area contributed by atoms with Gasteiger partial charge in [0.25, 0.3) is 0 Å². The molecule has 0 aromatic heterocycles. The van der Waals surface area contributed by atoms with Crippen LogP contribution in [-0.2, 0) is 0 Å². The van der Waals surface area contributed by atoms with Crippen LogP contribution in [0, 0.1) is 0 Å². The van der Waals surface area contributed by atoms with Gasteiger partial charge in [-0.2, -0.15) is 0 Å². The number of hydrogen-bond acceptors (Lipinski definition) is 4. The molecule has 6 heteroatoms. The van der Waals surface area contributed by atoms with E-state index < -0.39 is 0 Å². The molecule has 0 fully saturated rings. The molecule has 0 bridgehead atoms. The van der Waals surface area contributed by atoms with E-state index in [1.54, 1.807) is 12.1 Å². The Balaban J connectivity index is 2.49. The van der Waals surface area contributed by atoms with Gasteiger partial charge in [-0.25, -0.2) is 0 Å². The van der Waals surface area contributed by atoms with Crippen molar-refractivity contribution in [2.75, 3.05) is 13.2 Å². The number of nitrogens with two attached hydrogens (primary N) is 1. The van der Waals surface area contributed by atoms with Crippen molar-refractivity contribution in [1.82, 2.24) is 0 Å². The first-order chi connectivity index (χ1) is 7.22. The molecule has 0 aliphatic carbocycles. The number of fused-ring (bicyclic) bond motifs is 1. The lowest BCUT2D eigenvalue weighted by Gasteiger charge is -2.20. The average molecular weight is 273 g/mol. The van der Waals surface area contributed by atoms with Crippen molar-refractivity contribution in [3.05, 3.63) is 22.2 Å². The predicted molar refractivity (Wildman–Crippen MR) is 57.6 cm³/mol. The van der Waals surface area contributed by atoms with Gasteiger partial charge in [-0.1, -0.05) is 5.16 Å². The SMILES string of the molecule is N/C(=N\O)c1cc(Br)c2c(c1)OCCO2. The minimum Gasteiger partial charge on any atom is -0.486 e. The van der Waals surface area contributed by atoms with Crippen LogP contribution in [0.25, 0.3) is 0 Å². The summed E-state index contributed by atoms with van der Waals surface area (Å²) < 4.78 is 11.5. The number of hydrogen-bond donors (Lipinski definition) is 2. The lowest BCUT2D eigenvalue weighted by Crippen LogP contribution is -2.18. The highest BCUT2D eigenvalue weighted by Gasteiger charge is 2.17. The van der Waals surface area contributed by atoms with Crippen LogP contribution in [0.5, 0.6) is 11.5 Å². The Kier molecular flexibility index (Phi) is 2.68. The number of benzene rings is 1. The summed E-state index contributed by atoms with van der Waals surface area (Å²) in [5.74, 6) is 1.28. The second kappa shape index (κ2) is 3.98. The fraction of sp³-hybridized carbons (Fsp3) is 0.222. The number of amidine groups is 1. The molecule has 1 aromatic rings. The summed E-state index contributed by atoms with van der Waals surface area (Å²) in [7, 11) is 0. The van der Waals surface area contributed by atoms with E-state index in [0.29, 0.717) is 30.3 Å². The van der Waals surface area contributed by atoms with Crippen LogP contribution in [0.3, 0.4) is 0 Å². The highest BCUT2D eigenvalue weighted by molar-refractivity contribution is 9.10. The van der Waals surface area contributed by atoms with Crippen molar-refractivity contribution in [2.45, 2.75) is 0 Å². The van der Waals surface area contributed by atoms with Crippen LogP contribution in [-0.4, -0.2) is 24.3 Å². The zero-order valence-electron chi connectivity index (χ0n) is 7.74. The van der Waals surface area contributed by atoms with Gasteiger partial charge in [0, 0.05) is 5.56 Å². The van der Waals surface area contributed by atoms with E-state index in [2.05, 4.69) is 21.1 Å². The Labute approximate surface area is 94.6 Å². The van der Waals surface area contributed by atoms with Crippen LogP contribution in [0.15, 0.2) is 21.8 Å². The molecule has 0 saturated heterocycles. The van der Waals surface area contributed by atoms with Crippen molar-refractivity contribution >= 4 is 21.8 Å². The van der Waals surface area contributed by atoms with E-state index in [9.17, 15) is 0 Å². The second-order valence-corrected chi connectivity index (χ2v) is 3.82. The Morgan fingerprint density at radius 2 is 2.13 bits per heavy atom. The molecule has 1 aliphatic rings. The molecule has 5 nitrogen and oxygen atoms in total. The summed E-state index contributed by atoms with van der Waals surface area (Å²) in [6, 6.07) is 3.39. The van der Waals surface area contributed by atoms with Gasteiger partial charge in [0.15, 0.2) is 17.3 Å². The van der Waals surface area contributed by atoms with Gasteiger partial charge in [0.2, 0.25) is 0 Å². The summed E-state index contributed by atoms with van der Waals surface area (Å²) in [4.78, 5) is 0. The van der Waals surface area contributed by atoms with Gasteiger partial charge in [-0.05, 0) is 28.1 Å². The summed E-state index contributed by atoms with van der Waals surface area (Å²) in [6.07, 6.45) is 0. The molecule has 1 aliphatic heterocycles. The molecule has 1 aromatic carbocycles. The summed E-state index contributed by atoms with van der Waals surface area (Å²) in [6.45, 7) is 1.02. The highest BCUT2D eigenvalue weighted by atomic mass is 79.9. The fourth-order valence-electron chi connectivity index (χ4n) is 1.32. The summed E-state index contributed by atoms with van der Waals surface area (Å²) >= 11 is 3.33. The van der Waals surface area contributed by atoms with Gasteiger partial charge in [0.05, 0.1) is 4.47 Å². The number of ether oxygens (including phenoxy) is 2. The average Bonchev–Trinajstić information content (AvgIpc) is 2.28. The Morgan fingerprint density at radius 3 is 2.87 bits per heavy atom. The zero-order chi connectivity index (χ0) is 10.8. The smallest absolute Gasteiger partial charge is 0.175 e. The van der Waals surface area contributed by atoms with Crippen molar-refractivity contribution in [1.29, 1.82) is 0 Å². The van der Waals surface area contributed by atoms with E-state index in [-0.39, 0.29) is 5.84 Å². The molecule has 0 unspecified atom stereocenters. The zero-order valence-corrected chi connectivity index (χ0v) is 9.32. The van der Waals surface area contributed by atoms with Gasteiger partial charge in [-0.15, -0.1) is 0 Å². The third-order valence-corrected chi connectivity index (χ3v) is 2.59. The maximum atomic E-state index is 8.56. The van der Waals surface area contributed by atoms with Crippen LogP contribution in [0.1, 0.15) is 5.56 Å². The summed E-state index contributed by atoms with van der Waals surface area (Å²) in [5, 5.41) is 11.5. The van der Waals surface area contributed by atoms with Crippen molar-refractivity contribution in [3.63, 3.8) is 0 Å². The van der Waals surface area contributed by atoms with E-state index in [4.69, 9.17) is 20.4 Å². The van der Waals surface area contributed by atoms with Crippen LogP contribution in [0.2, 0.25) is 0 Å². The minimum atomic E-state index is 0.0349. The topological polar surface area (TPSA) is 77.1 Å². The van der Waals surface area contributed by atoms with Gasteiger partial charge < -0.3 is 20.4 Å². The van der Waals surface area contributed by atoms with Crippen LogP contribution >= 0.6 is 15.9 Å². The maximum absolute atomic E-state index is 8.56. The number of rotatable bonds is 1. The van der Waals surface area contributed by atoms with E-state index >= 15 is 0 Å². The standard InChI is InChI=1S/C9H9BrN2O3/c10-6-3-5(9(11)12-13)4-7-8(6)15-2-1-14-7/h3-4,13H,1-2H2,(H2,11,12). The normalized spacial score (nSPS) is 15.1. The third kappa shape index (κ3) is 1.85. The summed E-state index contributed by atoms with van der Waals surface area (Å²) in [5.41, 5.74) is 6.06. The molecule has 80 valence electrons. The quantitative estimate of drug-likeness (QED) is 0.350. The molecular weight excluding hydrogens is 264 g/mol. The van der Waals surface area contributed by atoms with Gasteiger partial charge in [-0.3, -0.25) is 0 Å². The van der Waals surface area contributed by atoms with Crippen LogP contribution < -0.4 is 15.2 Å². The molecule has 0 atom stereocenters. The van der Waals surface area contributed by atoms with E-state index in [1.807, 2.05) is 0 Å². The Hall–Kier alpha value is -1.43. The minimum absolute atomic E-state index is 0.0349. The van der Waals surface area contributed by atoms with E-state index in [0.717, 1.165) is 4.47 Å². The van der Waals surface area contributed by atoms with Crippen molar-refractivity contribution in [2.24, 2.45) is 10.9 Å². The van der Waals surface area contributed by atoms with Crippen LogP contribution in [0.4, 0.5) is 0 Å². The molecule has 0 radical (unpaired) electrons. The molecule has 0 saturated carbocycles. The van der Waals surface area contributed by atoms with Crippen molar-refractivity contribution < 1.29 is 14.7 Å². The molecule has 3 N–H and O–H groups in total. The number of oxime groups is 1. The first kappa shape index (κ1) is 10.1. The number of nitrogens with zero attached hydrogens (tertiary/aromatic N) is 1. The second-order valence-electron chi connectivity index (χ2n) is 2.97. The molecule has 2 rings (SSSR count). The first-order valence-corrected chi connectivity index (χ1v) is 5.08. The maximum Gasteiger partial charge on any atom is 0.175 e. The molecule has 15 heavy (non-hydrogen) atoms. The molecule has 0 amide bonds. The molecule has 1 heterocycles. The fourth-order valence-corrected chi connectivity index (χ4v) is 1.87. The largest absolute Gasteiger partial charge is 0.486 e. The molecular formula is C9H9BrN2O3. The van der Waals surface area contributed by atoms with Gasteiger partial charge >= 0.3 is 0 Å². The third-order valence-electron chi connectivity index (χ3n) is 2.00. The first-order valence-electron chi connectivity index (χ1n) is 4.29. The number of halogens is 1. The van der Waals surface area contributed by atoms with E-state index in [1.165, 1.54) is 0 Å². The Bertz CT molecular complexity index is 420. The Morgan fingerprint density at radius 1 is 1.40 bits per heavy atom. The lowest BCUT2D eigenvalue weighted by molar-refractivity contribution is 0.170.